The van der Waals surface area contributed by atoms with Gasteiger partial charge in [-0.15, -0.1) is 0 Å². The SMILES string of the molecule is COc1cccc(C=CCN2CCC(=C3c4ccccc4C=Cc4ccccc43)CC2)c1OC. The summed E-state index contributed by atoms with van der Waals surface area (Å²) in [7, 11) is 3.36. The molecule has 3 aromatic carbocycles. The van der Waals surface area contributed by atoms with Gasteiger partial charge in [-0.1, -0.05) is 90.5 Å². The normalized spacial score (nSPS) is 15.7. The topological polar surface area (TPSA) is 21.7 Å². The van der Waals surface area contributed by atoms with E-state index in [1.807, 2.05) is 12.1 Å². The van der Waals surface area contributed by atoms with Crippen molar-refractivity contribution >= 4 is 23.8 Å². The van der Waals surface area contributed by atoms with Crippen molar-refractivity contribution in [3.63, 3.8) is 0 Å². The minimum absolute atomic E-state index is 0.761. The zero-order chi connectivity index (χ0) is 23.3. The van der Waals surface area contributed by atoms with E-state index in [1.165, 1.54) is 27.8 Å². The first kappa shape index (κ1) is 22.2. The van der Waals surface area contributed by atoms with Gasteiger partial charge >= 0.3 is 0 Å². The number of hydrogen-bond donors (Lipinski definition) is 0. The molecule has 3 heteroatoms. The van der Waals surface area contributed by atoms with Crippen molar-refractivity contribution in [3.8, 4) is 11.5 Å². The van der Waals surface area contributed by atoms with E-state index in [2.05, 4.69) is 83.8 Å². The number of methoxy groups -OCH3 is 2. The standard InChI is InChI=1S/C31H31NO2/c1-33-29-15-7-11-26(31(29)34-2)12-8-20-32-21-18-25(19-22-32)30-27-13-5-3-9-23(27)16-17-24-10-4-6-14-28(24)30/h3-17H,18-22H2,1-2H3. The lowest BCUT2D eigenvalue weighted by Crippen LogP contribution is -2.31. The summed E-state index contributed by atoms with van der Waals surface area (Å²) in [6.07, 6.45) is 11.1. The maximum atomic E-state index is 5.56. The minimum Gasteiger partial charge on any atom is -0.493 e. The second-order valence-electron chi connectivity index (χ2n) is 8.77. The number of fused-ring (bicyclic) bond motifs is 2. The molecule has 0 saturated carbocycles. The summed E-state index contributed by atoms with van der Waals surface area (Å²) in [5.74, 6) is 1.54. The average Bonchev–Trinajstić information content (AvgIpc) is 3.06. The van der Waals surface area contributed by atoms with Gasteiger partial charge in [-0.2, -0.15) is 0 Å². The van der Waals surface area contributed by atoms with Crippen LogP contribution in [0.5, 0.6) is 11.5 Å². The van der Waals surface area contributed by atoms with Crippen LogP contribution < -0.4 is 9.47 Å². The molecule has 3 nitrogen and oxygen atoms in total. The highest BCUT2D eigenvalue weighted by atomic mass is 16.5. The molecule has 1 heterocycles. The molecule has 5 rings (SSSR count). The molecule has 172 valence electrons. The van der Waals surface area contributed by atoms with Gasteiger partial charge in [-0.3, -0.25) is 4.90 Å². The van der Waals surface area contributed by atoms with Gasteiger partial charge < -0.3 is 9.47 Å². The molecule has 0 spiro atoms. The summed E-state index contributed by atoms with van der Waals surface area (Å²) >= 11 is 0. The highest BCUT2D eigenvalue weighted by Gasteiger charge is 2.22. The van der Waals surface area contributed by atoms with Crippen molar-refractivity contribution in [3.05, 3.63) is 106 Å². The van der Waals surface area contributed by atoms with Crippen LogP contribution in [0.2, 0.25) is 0 Å². The molecule has 3 aromatic rings. The number of ether oxygens (including phenoxy) is 2. The van der Waals surface area contributed by atoms with E-state index in [1.54, 1.807) is 19.8 Å². The molecule has 0 N–H and O–H groups in total. The van der Waals surface area contributed by atoms with Crippen LogP contribution in [0.4, 0.5) is 0 Å². The number of hydrogen-bond acceptors (Lipinski definition) is 3. The molecule has 1 saturated heterocycles. The first-order valence-electron chi connectivity index (χ1n) is 12.0. The Hall–Kier alpha value is -3.56. The van der Waals surface area contributed by atoms with Gasteiger partial charge in [0.25, 0.3) is 0 Å². The quantitative estimate of drug-likeness (QED) is 0.334. The Kier molecular flexibility index (Phi) is 6.64. The van der Waals surface area contributed by atoms with Crippen molar-refractivity contribution in [1.82, 2.24) is 4.90 Å². The smallest absolute Gasteiger partial charge is 0.167 e. The first-order chi connectivity index (χ1) is 16.8. The van der Waals surface area contributed by atoms with Crippen molar-refractivity contribution < 1.29 is 9.47 Å². The van der Waals surface area contributed by atoms with E-state index >= 15 is 0 Å². The van der Waals surface area contributed by atoms with Gasteiger partial charge in [-0.25, -0.2) is 0 Å². The van der Waals surface area contributed by atoms with Crippen LogP contribution in [0.1, 0.15) is 40.7 Å². The summed E-state index contributed by atoms with van der Waals surface area (Å²) in [6, 6.07) is 23.6. The van der Waals surface area contributed by atoms with Crippen LogP contribution in [-0.4, -0.2) is 38.8 Å². The van der Waals surface area contributed by atoms with Crippen LogP contribution in [0, 0.1) is 0 Å². The van der Waals surface area contributed by atoms with Gasteiger partial charge in [0, 0.05) is 25.2 Å². The van der Waals surface area contributed by atoms with Crippen molar-refractivity contribution in [2.75, 3.05) is 33.9 Å². The van der Waals surface area contributed by atoms with Crippen molar-refractivity contribution in [1.29, 1.82) is 0 Å². The zero-order valence-corrected chi connectivity index (χ0v) is 20.0. The molecule has 0 aromatic heterocycles. The van der Waals surface area contributed by atoms with Gasteiger partial charge in [0.2, 0.25) is 0 Å². The number of piperidine rings is 1. The van der Waals surface area contributed by atoms with E-state index in [4.69, 9.17) is 9.47 Å². The average molecular weight is 450 g/mol. The van der Waals surface area contributed by atoms with Crippen LogP contribution >= 0.6 is 0 Å². The molecule has 1 aliphatic carbocycles. The van der Waals surface area contributed by atoms with Crippen LogP contribution in [-0.2, 0) is 0 Å². The van der Waals surface area contributed by atoms with Crippen LogP contribution in [0.3, 0.4) is 0 Å². The van der Waals surface area contributed by atoms with Gasteiger partial charge in [0.1, 0.15) is 0 Å². The highest BCUT2D eigenvalue weighted by molar-refractivity contribution is 5.94. The predicted octanol–water partition coefficient (Wildman–Crippen LogP) is 6.80. The van der Waals surface area contributed by atoms with Gasteiger partial charge in [0.05, 0.1) is 14.2 Å². The van der Waals surface area contributed by atoms with E-state index in [9.17, 15) is 0 Å². The molecule has 0 unspecified atom stereocenters. The molecule has 34 heavy (non-hydrogen) atoms. The van der Waals surface area contributed by atoms with E-state index < -0.39 is 0 Å². The van der Waals surface area contributed by atoms with E-state index in [0.717, 1.165) is 49.5 Å². The Bertz CT molecular complexity index is 1210. The third-order valence-electron chi connectivity index (χ3n) is 6.81. The molecular weight excluding hydrogens is 418 g/mol. The highest BCUT2D eigenvalue weighted by Crippen LogP contribution is 2.38. The molecule has 1 aliphatic heterocycles. The Balaban J connectivity index is 1.35. The Morgan fingerprint density at radius 1 is 0.765 bits per heavy atom. The molecule has 1 fully saturated rings. The van der Waals surface area contributed by atoms with Crippen molar-refractivity contribution in [2.24, 2.45) is 0 Å². The maximum absolute atomic E-state index is 5.56. The van der Waals surface area contributed by atoms with Crippen LogP contribution in [0.25, 0.3) is 23.8 Å². The van der Waals surface area contributed by atoms with E-state index in [-0.39, 0.29) is 0 Å². The third kappa shape index (κ3) is 4.44. The molecule has 0 amide bonds. The van der Waals surface area contributed by atoms with E-state index in [0.29, 0.717) is 0 Å². The Morgan fingerprint density at radius 2 is 1.41 bits per heavy atom. The lowest BCUT2D eigenvalue weighted by atomic mass is 9.86. The molecule has 0 atom stereocenters. The lowest BCUT2D eigenvalue weighted by Gasteiger charge is -2.29. The number of rotatable bonds is 5. The molecule has 0 bridgehead atoms. The fourth-order valence-corrected chi connectivity index (χ4v) is 5.07. The maximum Gasteiger partial charge on any atom is 0.167 e. The van der Waals surface area contributed by atoms with Crippen molar-refractivity contribution in [2.45, 2.75) is 12.8 Å². The third-order valence-corrected chi connectivity index (χ3v) is 6.81. The van der Waals surface area contributed by atoms with Gasteiger partial charge in [0.15, 0.2) is 11.5 Å². The second-order valence-corrected chi connectivity index (χ2v) is 8.77. The molecule has 2 aliphatic rings. The summed E-state index contributed by atoms with van der Waals surface area (Å²) in [6.45, 7) is 3.06. The number of para-hydroxylation sites is 1. The largest absolute Gasteiger partial charge is 0.493 e. The molecule has 0 radical (unpaired) electrons. The monoisotopic (exact) mass is 449 g/mol. The summed E-state index contributed by atoms with van der Waals surface area (Å²) in [5.41, 5.74) is 9.37. The van der Waals surface area contributed by atoms with Crippen LogP contribution in [0.15, 0.2) is 78.4 Å². The minimum atomic E-state index is 0.761. The number of nitrogens with zero attached hydrogens (tertiary/aromatic N) is 1. The molecular formula is C31H31NO2. The number of likely N-dealkylation sites (tertiary alicyclic amines) is 1. The number of benzene rings is 3. The fraction of sp³-hybridized carbons (Fsp3) is 0.226. The Morgan fingerprint density at radius 3 is 2.03 bits per heavy atom. The summed E-state index contributed by atoms with van der Waals surface area (Å²) in [5, 5.41) is 0. The fourth-order valence-electron chi connectivity index (χ4n) is 5.07. The lowest BCUT2D eigenvalue weighted by molar-refractivity contribution is 0.284. The Labute approximate surface area is 202 Å². The zero-order valence-electron chi connectivity index (χ0n) is 20.0. The summed E-state index contributed by atoms with van der Waals surface area (Å²) < 4.78 is 11.0. The van der Waals surface area contributed by atoms with Gasteiger partial charge in [-0.05, 0) is 46.7 Å². The summed E-state index contributed by atoms with van der Waals surface area (Å²) in [4.78, 5) is 2.53. The first-order valence-corrected chi connectivity index (χ1v) is 12.0. The predicted molar refractivity (Wildman–Crippen MR) is 142 cm³/mol. The second kappa shape index (κ2) is 10.1.